The van der Waals surface area contributed by atoms with Crippen LogP contribution < -0.4 is 11.1 Å². The first-order valence-electron chi connectivity index (χ1n) is 6.51. The highest BCUT2D eigenvalue weighted by molar-refractivity contribution is 6.30. The molecule has 1 aliphatic rings. The molecule has 0 aliphatic heterocycles. The minimum absolute atomic E-state index is 0.0889. The average molecular weight is 273 g/mol. The third-order valence-corrected chi connectivity index (χ3v) is 4.04. The molecule has 2 nitrogen and oxygen atoms in total. The molecule has 0 spiro atoms. The third-order valence-electron chi connectivity index (χ3n) is 3.80. The summed E-state index contributed by atoms with van der Waals surface area (Å²) in [6, 6.07) is 16.4. The first kappa shape index (κ1) is 12.5. The zero-order chi connectivity index (χ0) is 13.3. The molecule has 0 aromatic heterocycles. The van der Waals surface area contributed by atoms with Crippen molar-refractivity contribution in [3.8, 4) is 0 Å². The smallest absolute Gasteiger partial charge is 0.0576 e. The second-order valence-corrected chi connectivity index (χ2v) is 5.68. The van der Waals surface area contributed by atoms with Gasteiger partial charge in [0.15, 0.2) is 0 Å². The Morgan fingerprint density at radius 1 is 1.05 bits per heavy atom. The van der Waals surface area contributed by atoms with Crippen molar-refractivity contribution in [3.63, 3.8) is 0 Å². The molecule has 3 rings (SSSR count). The maximum atomic E-state index is 6.04. The lowest BCUT2D eigenvalue weighted by Gasteiger charge is -2.30. The van der Waals surface area contributed by atoms with Crippen LogP contribution in [0.4, 0.5) is 5.69 Å². The van der Waals surface area contributed by atoms with Gasteiger partial charge in [0.25, 0.3) is 0 Å². The lowest BCUT2D eigenvalue weighted by molar-refractivity contribution is 0.504. The van der Waals surface area contributed by atoms with Crippen molar-refractivity contribution in [2.45, 2.75) is 18.4 Å². The molecule has 0 heterocycles. The number of anilines is 1. The van der Waals surface area contributed by atoms with E-state index < -0.39 is 0 Å². The fourth-order valence-electron chi connectivity index (χ4n) is 2.85. The number of nitrogens with one attached hydrogen (secondary N) is 1. The first-order valence-corrected chi connectivity index (χ1v) is 6.89. The monoisotopic (exact) mass is 272 g/mol. The third kappa shape index (κ3) is 2.46. The van der Waals surface area contributed by atoms with Crippen molar-refractivity contribution in [2.24, 2.45) is 5.73 Å². The molecule has 2 aromatic rings. The molecule has 0 saturated carbocycles. The second kappa shape index (κ2) is 4.87. The summed E-state index contributed by atoms with van der Waals surface area (Å²) in [4.78, 5) is 0. The number of fused-ring (bicyclic) bond motifs is 1. The SMILES string of the molecule is NCC1(Nc2cccc(Cl)c2)Cc2ccccc2C1. The predicted octanol–water partition coefficient (Wildman–Crippen LogP) is 3.25. The molecule has 0 bridgehead atoms. The van der Waals surface area contributed by atoms with Gasteiger partial charge in [0.05, 0.1) is 5.54 Å². The minimum atomic E-state index is -0.0889. The van der Waals surface area contributed by atoms with Gasteiger partial charge in [-0.2, -0.15) is 0 Å². The molecule has 3 N–H and O–H groups in total. The Morgan fingerprint density at radius 2 is 1.74 bits per heavy atom. The molecule has 0 amide bonds. The molecule has 1 aliphatic carbocycles. The average Bonchev–Trinajstić information content (AvgIpc) is 2.77. The fraction of sp³-hybridized carbons (Fsp3) is 0.250. The van der Waals surface area contributed by atoms with Crippen LogP contribution in [0.1, 0.15) is 11.1 Å². The van der Waals surface area contributed by atoms with Gasteiger partial charge in [-0.05, 0) is 42.2 Å². The van der Waals surface area contributed by atoms with Gasteiger partial charge < -0.3 is 11.1 Å². The molecular formula is C16H17ClN2. The minimum Gasteiger partial charge on any atom is -0.378 e. The number of halogens is 1. The van der Waals surface area contributed by atoms with Crippen molar-refractivity contribution < 1.29 is 0 Å². The Balaban J connectivity index is 1.87. The summed E-state index contributed by atoms with van der Waals surface area (Å²) in [6.07, 6.45) is 1.93. The van der Waals surface area contributed by atoms with Crippen LogP contribution in [0, 0.1) is 0 Å². The van der Waals surface area contributed by atoms with Crippen molar-refractivity contribution in [3.05, 3.63) is 64.7 Å². The van der Waals surface area contributed by atoms with Crippen LogP contribution in [0.3, 0.4) is 0 Å². The van der Waals surface area contributed by atoms with Crippen LogP contribution >= 0.6 is 11.6 Å². The quantitative estimate of drug-likeness (QED) is 0.900. The Hall–Kier alpha value is -1.51. The van der Waals surface area contributed by atoms with Crippen LogP contribution in [0.5, 0.6) is 0 Å². The van der Waals surface area contributed by atoms with E-state index in [0.717, 1.165) is 23.6 Å². The Bertz CT molecular complexity index is 570. The van der Waals surface area contributed by atoms with E-state index in [0.29, 0.717) is 6.54 Å². The van der Waals surface area contributed by atoms with Gasteiger partial charge in [-0.1, -0.05) is 41.9 Å². The van der Waals surface area contributed by atoms with E-state index in [9.17, 15) is 0 Å². The maximum absolute atomic E-state index is 6.04. The normalized spacial score (nSPS) is 16.1. The van der Waals surface area contributed by atoms with E-state index >= 15 is 0 Å². The molecule has 0 atom stereocenters. The highest BCUT2D eigenvalue weighted by Crippen LogP contribution is 2.32. The van der Waals surface area contributed by atoms with Crippen LogP contribution in [0.2, 0.25) is 5.02 Å². The van der Waals surface area contributed by atoms with Gasteiger partial charge >= 0.3 is 0 Å². The fourth-order valence-corrected chi connectivity index (χ4v) is 3.04. The van der Waals surface area contributed by atoms with Crippen LogP contribution in [0.25, 0.3) is 0 Å². The van der Waals surface area contributed by atoms with Crippen LogP contribution in [-0.2, 0) is 12.8 Å². The highest BCUT2D eigenvalue weighted by atomic mass is 35.5. The van der Waals surface area contributed by atoms with Gasteiger partial charge in [0.1, 0.15) is 0 Å². The van der Waals surface area contributed by atoms with E-state index in [-0.39, 0.29) is 5.54 Å². The number of benzene rings is 2. The number of nitrogens with two attached hydrogens (primary N) is 1. The molecule has 19 heavy (non-hydrogen) atoms. The van der Waals surface area contributed by atoms with E-state index in [1.165, 1.54) is 11.1 Å². The maximum Gasteiger partial charge on any atom is 0.0576 e. The summed E-state index contributed by atoms with van der Waals surface area (Å²) in [5.41, 5.74) is 9.77. The van der Waals surface area contributed by atoms with Crippen molar-refractivity contribution >= 4 is 17.3 Å². The number of hydrogen-bond acceptors (Lipinski definition) is 2. The van der Waals surface area contributed by atoms with Crippen molar-refractivity contribution in [1.29, 1.82) is 0 Å². The summed E-state index contributed by atoms with van der Waals surface area (Å²) >= 11 is 6.04. The summed E-state index contributed by atoms with van der Waals surface area (Å²) in [5, 5.41) is 4.33. The zero-order valence-corrected chi connectivity index (χ0v) is 11.5. The van der Waals surface area contributed by atoms with E-state index in [1.54, 1.807) is 0 Å². The summed E-state index contributed by atoms with van der Waals surface area (Å²) in [5.74, 6) is 0. The van der Waals surface area contributed by atoms with Crippen LogP contribution in [-0.4, -0.2) is 12.1 Å². The van der Waals surface area contributed by atoms with Gasteiger partial charge in [0, 0.05) is 17.3 Å². The lowest BCUT2D eigenvalue weighted by atomic mass is 9.95. The standard InChI is InChI=1S/C16H17ClN2/c17-14-6-3-7-15(8-14)19-16(11-18)9-12-4-1-2-5-13(12)10-16/h1-8,19H,9-11,18H2. The molecule has 3 heteroatoms. The van der Waals surface area contributed by atoms with Gasteiger partial charge in [-0.25, -0.2) is 0 Å². The number of hydrogen-bond donors (Lipinski definition) is 2. The second-order valence-electron chi connectivity index (χ2n) is 5.24. The molecule has 0 unspecified atom stereocenters. The Labute approximate surface area is 118 Å². The summed E-state index contributed by atoms with van der Waals surface area (Å²) in [6.45, 7) is 0.605. The molecule has 0 saturated heterocycles. The Kier molecular flexibility index (Phi) is 3.21. The van der Waals surface area contributed by atoms with E-state index in [2.05, 4.69) is 29.6 Å². The highest BCUT2D eigenvalue weighted by Gasteiger charge is 2.35. The summed E-state index contributed by atoms with van der Waals surface area (Å²) in [7, 11) is 0. The molecule has 98 valence electrons. The molecule has 2 aromatic carbocycles. The van der Waals surface area contributed by atoms with Gasteiger partial charge in [-0.3, -0.25) is 0 Å². The van der Waals surface area contributed by atoms with Crippen LogP contribution in [0.15, 0.2) is 48.5 Å². The van der Waals surface area contributed by atoms with Crippen molar-refractivity contribution in [2.75, 3.05) is 11.9 Å². The topological polar surface area (TPSA) is 38.0 Å². The molecule has 0 radical (unpaired) electrons. The molecular weight excluding hydrogens is 256 g/mol. The summed E-state index contributed by atoms with van der Waals surface area (Å²) < 4.78 is 0. The van der Waals surface area contributed by atoms with Gasteiger partial charge in [0.2, 0.25) is 0 Å². The number of rotatable bonds is 3. The van der Waals surface area contributed by atoms with E-state index in [4.69, 9.17) is 17.3 Å². The molecule has 0 fully saturated rings. The largest absolute Gasteiger partial charge is 0.378 e. The predicted molar refractivity (Wildman–Crippen MR) is 80.7 cm³/mol. The van der Waals surface area contributed by atoms with Gasteiger partial charge in [-0.15, -0.1) is 0 Å². The first-order chi connectivity index (χ1) is 9.21. The lowest BCUT2D eigenvalue weighted by Crippen LogP contribution is -2.46. The van der Waals surface area contributed by atoms with Crippen molar-refractivity contribution in [1.82, 2.24) is 0 Å². The zero-order valence-electron chi connectivity index (χ0n) is 10.7. The van der Waals surface area contributed by atoms with E-state index in [1.807, 2.05) is 24.3 Å². The Morgan fingerprint density at radius 3 is 2.32 bits per heavy atom.